The van der Waals surface area contributed by atoms with E-state index in [2.05, 4.69) is 14.8 Å². The van der Waals surface area contributed by atoms with Crippen LogP contribution in [0.1, 0.15) is 12.5 Å². The summed E-state index contributed by atoms with van der Waals surface area (Å²) in [5.41, 5.74) is 2.80. The summed E-state index contributed by atoms with van der Waals surface area (Å²) in [5, 5.41) is 13.2. The minimum atomic E-state index is -3.34. The van der Waals surface area contributed by atoms with Crippen LogP contribution < -0.4 is 4.72 Å². The van der Waals surface area contributed by atoms with Gasteiger partial charge in [-0.25, -0.2) is 17.9 Å². The van der Waals surface area contributed by atoms with Crippen LogP contribution in [0.4, 0.5) is 5.69 Å². The van der Waals surface area contributed by atoms with Gasteiger partial charge >= 0.3 is 0 Å². The Labute approximate surface area is 133 Å². The first kappa shape index (κ1) is 15.0. The Morgan fingerprint density at radius 2 is 2.17 bits per heavy atom. The third-order valence-corrected chi connectivity index (χ3v) is 4.64. The molecule has 0 bridgehead atoms. The van der Waals surface area contributed by atoms with Gasteiger partial charge < -0.3 is 0 Å². The molecule has 116 valence electrons. The van der Waals surface area contributed by atoms with Crippen LogP contribution in [0, 0.1) is 11.3 Å². The van der Waals surface area contributed by atoms with E-state index in [0.29, 0.717) is 22.6 Å². The molecular formula is C15H13N5O2S. The Balaban J connectivity index is 2.10. The standard InChI is InChI=1S/C15H13N5O2S/c1-2-23(21,22)19-13-5-3-4-11(8-13)14-6-7-17-15-12(9-16)10-18-20(14)15/h3-8,10,19H,2H2,1H3. The summed E-state index contributed by atoms with van der Waals surface area (Å²) in [4.78, 5) is 4.16. The van der Waals surface area contributed by atoms with Crippen LogP contribution in [0.15, 0.2) is 42.7 Å². The van der Waals surface area contributed by atoms with Gasteiger partial charge in [-0.2, -0.15) is 10.4 Å². The van der Waals surface area contributed by atoms with Crippen LogP contribution in [0.25, 0.3) is 16.9 Å². The van der Waals surface area contributed by atoms with Crippen molar-refractivity contribution in [2.45, 2.75) is 6.92 Å². The number of hydrogen-bond donors (Lipinski definition) is 1. The first-order valence-corrected chi connectivity index (χ1v) is 8.53. The van der Waals surface area contributed by atoms with Crippen molar-refractivity contribution in [3.63, 3.8) is 0 Å². The second kappa shape index (κ2) is 5.70. The SMILES string of the molecule is CCS(=O)(=O)Nc1cccc(-c2ccnc3c(C#N)cnn23)c1. The smallest absolute Gasteiger partial charge is 0.232 e. The molecule has 0 spiro atoms. The molecule has 0 saturated carbocycles. The predicted molar refractivity (Wildman–Crippen MR) is 86.2 cm³/mol. The number of nitriles is 1. The van der Waals surface area contributed by atoms with Gasteiger partial charge in [0.25, 0.3) is 0 Å². The fraction of sp³-hybridized carbons (Fsp3) is 0.133. The highest BCUT2D eigenvalue weighted by atomic mass is 32.2. The topological polar surface area (TPSA) is 100 Å². The molecule has 2 aromatic heterocycles. The lowest BCUT2D eigenvalue weighted by molar-refractivity contribution is 0.602. The summed E-state index contributed by atoms with van der Waals surface area (Å²) >= 11 is 0. The van der Waals surface area contributed by atoms with Gasteiger partial charge in [0.05, 0.1) is 17.6 Å². The molecule has 3 rings (SSSR count). The molecule has 2 heterocycles. The zero-order valence-electron chi connectivity index (χ0n) is 12.3. The van der Waals surface area contributed by atoms with Gasteiger partial charge in [0.1, 0.15) is 11.6 Å². The van der Waals surface area contributed by atoms with Crippen molar-refractivity contribution >= 4 is 21.4 Å². The maximum Gasteiger partial charge on any atom is 0.232 e. The molecule has 3 aromatic rings. The van der Waals surface area contributed by atoms with Gasteiger partial charge in [0, 0.05) is 17.4 Å². The molecule has 0 aliphatic carbocycles. The molecule has 0 saturated heterocycles. The maximum atomic E-state index is 11.7. The molecule has 0 atom stereocenters. The number of benzene rings is 1. The fourth-order valence-electron chi connectivity index (χ4n) is 2.18. The molecule has 8 heteroatoms. The van der Waals surface area contributed by atoms with E-state index in [1.807, 2.05) is 12.1 Å². The summed E-state index contributed by atoms with van der Waals surface area (Å²) in [6.45, 7) is 1.58. The summed E-state index contributed by atoms with van der Waals surface area (Å²) in [7, 11) is -3.34. The van der Waals surface area contributed by atoms with Gasteiger partial charge in [-0.3, -0.25) is 4.72 Å². The van der Waals surface area contributed by atoms with Crippen LogP contribution >= 0.6 is 0 Å². The molecule has 0 aliphatic heterocycles. The molecule has 0 fully saturated rings. The lowest BCUT2D eigenvalue weighted by Gasteiger charge is -2.09. The van der Waals surface area contributed by atoms with Crippen LogP contribution in [0.3, 0.4) is 0 Å². The summed E-state index contributed by atoms with van der Waals surface area (Å²) in [5.74, 6) is 0.00140. The number of anilines is 1. The Hall–Kier alpha value is -2.92. The average Bonchev–Trinajstić information content (AvgIpc) is 2.98. The second-order valence-electron chi connectivity index (χ2n) is 4.82. The summed E-state index contributed by atoms with van der Waals surface area (Å²) < 4.78 is 27.5. The van der Waals surface area contributed by atoms with E-state index in [0.717, 1.165) is 5.56 Å². The quantitative estimate of drug-likeness (QED) is 0.790. The monoisotopic (exact) mass is 327 g/mol. The number of aromatic nitrogens is 3. The van der Waals surface area contributed by atoms with E-state index in [9.17, 15) is 8.42 Å². The van der Waals surface area contributed by atoms with E-state index < -0.39 is 10.0 Å². The average molecular weight is 327 g/mol. The second-order valence-corrected chi connectivity index (χ2v) is 6.83. The first-order chi connectivity index (χ1) is 11.0. The predicted octanol–water partition coefficient (Wildman–Crippen LogP) is 2.03. The minimum Gasteiger partial charge on any atom is -0.284 e. The lowest BCUT2D eigenvalue weighted by atomic mass is 10.1. The zero-order valence-corrected chi connectivity index (χ0v) is 13.1. The number of hydrogen-bond acceptors (Lipinski definition) is 5. The van der Waals surface area contributed by atoms with Crippen molar-refractivity contribution < 1.29 is 8.42 Å². The molecule has 1 N–H and O–H groups in total. The molecular weight excluding hydrogens is 314 g/mol. The Morgan fingerprint density at radius 3 is 2.91 bits per heavy atom. The van der Waals surface area contributed by atoms with Gasteiger partial charge in [0.2, 0.25) is 10.0 Å². The van der Waals surface area contributed by atoms with Crippen molar-refractivity contribution in [1.29, 1.82) is 5.26 Å². The van der Waals surface area contributed by atoms with E-state index in [1.54, 1.807) is 41.9 Å². The molecule has 1 aromatic carbocycles. The van der Waals surface area contributed by atoms with Crippen molar-refractivity contribution in [2.75, 3.05) is 10.5 Å². The molecule has 0 unspecified atom stereocenters. The van der Waals surface area contributed by atoms with E-state index in [-0.39, 0.29) is 5.75 Å². The van der Waals surface area contributed by atoms with Crippen LogP contribution in [-0.4, -0.2) is 28.8 Å². The third kappa shape index (κ3) is 2.86. The van der Waals surface area contributed by atoms with Gasteiger partial charge in [0.15, 0.2) is 5.65 Å². The lowest BCUT2D eigenvalue weighted by Crippen LogP contribution is -2.14. The largest absolute Gasteiger partial charge is 0.284 e. The van der Waals surface area contributed by atoms with Crippen molar-refractivity contribution in [1.82, 2.24) is 14.6 Å². The highest BCUT2D eigenvalue weighted by Gasteiger charge is 2.11. The van der Waals surface area contributed by atoms with Crippen molar-refractivity contribution in [3.05, 3.63) is 48.3 Å². The Kier molecular flexibility index (Phi) is 3.72. The van der Waals surface area contributed by atoms with Gasteiger partial charge in [-0.15, -0.1) is 0 Å². The maximum absolute atomic E-state index is 11.7. The Morgan fingerprint density at radius 1 is 1.35 bits per heavy atom. The van der Waals surface area contributed by atoms with E-state index >= 15 is 0 Å². The first-order valence-electron chi connectivity index (χ1n) is 6.88. The number of fused-ring (bicyclic) bond motifs is 1. The van der Waals surface area contributed by atoms with E-state index in [1.165, 1.54) is 6.20 Å². The number of rotatable bonds is 4. The third-order valence-electron chi connectivity index (χ3n) is 3.33. The van der Waals surface area contributed by atoms with Crippen molar-refractivity contribution in [3.8, 4) is 17.3 Å². The Bertz CT molecular complexity index is 1020. The fourth-order valence-corrected chi connectivity index (χ4v) is 2.81. The number of nitrogens with one attached hydrogen (secondary N) is 1. The molecule has 0 radical (unpaired) electrons. The molecule has 7 nitrogen and oxygen atoms in total. The number of sulfonamides is 1. The molecule has 0 aliphatic rings. The normalized spacial score (nSPS) is 11.3. The van der Waals surface area contributed by atoms with E-state index in [4.69, 9.17) is 5.26 Å². The van der Waals surface area contributed by atoms with Crippen molar-refractivity contribution in [2.24, 2.45) is 0 Å². The highest BCUT2D eigenvalue weighted by Crippen LogP contribution is 2.24. The summed E-state index contributed by atoms with van der Waals surface area (Å²) in [6.07, 6.45) is 3.05. The van der Waals surface area contributed by atoms with Gasteiger partial charge in [-0.1, -0.05) is 12.1 Å². The molecule has 0 amide bonds. The van der Waals surface area contributed by atoms with Crippen LogP contribution in [-0.2, 0) is 10.0 Å². The summed E-state index contributed by atoms with van der Waals surface area (Å²) in [6, 6.07) is 10.8. The van der Waals surface area contributed by atoms with Crippen LogP contribution in [0.5, 0.6) is 0 Å². The van der Waals surface area contributed by atoms with Gasteiger partial charge in [-0.05, 0) is 25.1 Å². The number of nitrogens with zero attached hydrogens (tertiary/aromatic N) is 4. The zero-order chi connectivity index (χ0) is 16.4. The minimum absolute atomic E-state index is 0.00140. The highest BCUT2D eigenvalue weighted by molar-refractivity contribution is 7.92. The molecule has 23 heavy (non-hydrogen) atoms. The van der Waals surface area contributed by atoms with Crippen LogP contribution in [0.2, 0.25) is 0 Å².